The highest BCUT2D eigenvalue weighted by Crippen LogP contribution is 2.59. The first-order valence-electron chi connectivity index (χ1n) is 10.1. The molecule has 5 nitrogen and oxygen atoms in total. The molecule has 1 amide bonds. The van der Waals surface area contributed by atoms with Gasteiger partial charge in [0.2, 0.25) is 4.33 Å². The molecule has 1 fully saturated rings. The van der Waals surface area contributed by atoms with Crippen molar-refractivity contribution in [3.8, 4) is 0 Å². The van der Waals surface area contributed by atoms with E-state index >= 15 is 0 Å². The highest BCUT2D eigenvalue weighted by Gasteiger charge is 2.59. The van der Waals surface area contributed by atoms with E-state index in [0.29, 0.717) is 9.95 Å². The lowest BCUT2D eigenvalue weighted by Crippen LogP contribution is -2.51. The molecule has 0 aromatic heterocycles. The normalized spacial score (nSPS) is 21.5. The van der Waals surface area contributed by atoms with Crippen molar-refractivity contribution >= 4 is 57.7 Å². The molecule has 5 rings (SSSR count). The summed E-state index contributed by atoms with van der Waals surface area (Å²) in [5.74, 6) is -0.257. The van der Waals surface area contributed by atoms with Gasteiger partial charge in [0.1, 0.15) is 0 Å². The second kappa shape index (κ2) is 8.33. The molecule has 158 valence electrons. The molecular formula is C25H19N3O2S2. The highest BCUT2D eigenvalue weighted by atomic mass is 32.2. The number of ketones is 1. The number of amides is 1. The van der Waals surface area contributed by atoms with Gasteiger partial charge in [-0.3, -0.25) is 14.5 Å². The molecule has 2 heterocycles. The molecule has 1 atom stereocenters. The molecule has 0 N–H and O–H groups in total. The summed E-state index contributed by atoms with van der Waals surface area (Å²) in [7, 11) is 0. The molecule has 3 aromatic rings. The van der Waals surface area contributed by atoms with E-state index in [0.717, 1.165) is 16.9 Å². The van der Waals surface area contributed by atoms with E-state index in [2.05, 4.69) is 5.10 Å². The molecule has 7 heteroatoms. The van der Waals surface area contributed by atoms with Crippen LogP contribution in [0.15, 0.2) is 101 Å². The standard InChI is InChI=1S/C25H19N3O2S2/c1-18(29)23-26-28(21-15-9-4-10-16-21)25(32-23)27(20-13-7-3-8-14-20)24(30)22(31-25)17-19-11-5-2-6-12-19/h2-17H,1H3. The average Bonchev–Trinajstić information content (AvgIpc) is 3.33. The van der Waals surface area contributed by atoms with E-state index in [-0.39, 0.29) is 11.7 Å². The molecule has 1 saturated heterocycles. The van der Waals surface area contributed by atoms with Crippen LogP contribution in [0.4, 0.5) is 11.4 Å². The predicted octanol–water partition coefficient (Wildman–Crippen LogP) is 5.57. The number of hydrazone groups is 1. The number of nitrogens with zero attached hydrogens (tertiary/aromatic N) is 3. The first-order chi connectivity index (χ1) is 15.6. The molecule has 3 aromatic carbocycles. The lowest BCUT2D eigenvalue weighted by Gasteiger charge is -2.38. The molecule has 32 heavy (non-hydrogen) atoms. The van der Waals surface area contributed by atoms with Crippen LogP contribution in [-0.2, 0) is 9.59 Å². The van der Waals surface area contributed by atoms with Crippen LogP contribution >= 0.6 is 23.5 Å². The fourth-order valence-corrected chi connectivity index (χ4v) is 6.48. The van der Waals surface area contributed by atoms with E-state index in [1.165, 1.54) is 30.4 Å². The Labute approximate surface area is 194 Å². The SMILES string of the molecule is CC(=O)C1=NN(c2ccccc2)C2(SC(=Cc3ccccc3)C(=O)N2c2ccccc2)S1. The zero-order valence-electron chi connectivity index (χ0n) is 17.2. The quantitative estimate of drug-likeness (QED) is 0.479. The number of thioether (sulfide) groups is 2. The maximum absolute atomic E-state index is 13.8. The predicted molar refractivity (Wildman–Crippen MR) is 133 cm³/mol. The van der Waals surface area contributed by atoms with Crippen molar-refractivity contribution in [3.05, 3.63) is 101 Å². The molecule has 0 bridgehead atoms. The van der Waals surface area contributed by atoms with Crippen molar-refractivity contribution in [2.24, 2.45) is 5.10 Å². The van der Waals surface area contributed by atoms with Gasteiger partial charge in [-0.2, -0.15) is 5.10 Å². The Morgan fingerprint density at radius 2 is 1.41 bits per heavy atom. The molecular weight excluding hydrogens is 438 g/mol. The Hall–Kier alpha value is -3.29. The van der Waals surface area contributed by atoms with Gasteiger partial charge in [-0.15, -0.1) is 0 Å². The number of carbonyl (C=O) groups is 2. The maximum atomic E-state index is 13.8. The smallest absolute Gasteiger partial charge is 0.268 e. The summed E-state index contributed by atoms with van der Waals surface area (Å²) < 4.78 is -0.985. The third-order valence-electron chi connectivity index (χ3n) is 5.04. The Balaban J connectivity index is 1.69. The molecule has 0 aliphatic carbocycles. The molecule has 0 radical (unpaired) electrons. The van der Waals surface area contributed by atoms with Crippen molar-refractivity contribution < 1.29 is 9.59 Å². The lowest BCUT2D eigenvalue weighted by atomic mass is 10.2. The number of benzene rings is 3. The summed E-state index contributed by atoms with van der Waals surface area (Å²) in [5.41, 5.74) is 2.49. The summed E-state index contributed by atoms with van der Waals surface area (Å²) >= 11 is 2.72. The van der Waals surface area contributed by atoms with Gasteiger partial charge in [0.15, 0.2) is 10.8 Å². The van der Waals surface area contributed by atoms with Gasteiger partial charge in [-0.1, -0.05) is 78.5 Å². The topological polar surface area (TPSA) is 53.0 Å². The fourth-order valence-electron chi connectivity index (χ4n) is 3.60. The Morgan fingerprint density at radius 3 is 2.00 bits per heavy atom. The van der Waals surface area contributed by atoms with Crippen LogP contribution < -0.4 is 9.91 Å². The number of hydrogen-bond acceptors (Lipinski definition) is 6. The zero-order valence-corrected chi connectivity index (χ0v) is 18.8. The molecule has 1 spiro atoms. The average molecular weight is 458 g/mol. The molecule has 2 aliphatic heterocycles. The van der Waals surface area contributed by atoms with Gasteiger partial charge < -0.3 is 0 Å². The molecule has 1 unspecified atom stereocenters. The van der Waals surface area contributed by atoms with E-state index in [1.54, 1.807) is 9.91 Å². The van der Waals surface area contributed by atoms with Gasteiger partial charge in [0.05, 0.1) is 10.6 Å². The number of carbonyl (C=O) groups excluding carboxylic acids is 2. The number of rotatable bonds is 4. The monoisotopic (exact) mass is 457 g/mol. The highest BCUT2D eigenvalue weighted by molar-refractivity contribution is 8.29. The third kappa shape index (κ3) is 3.53. The Morgan fingerprint density at radius 1 is 0.844 bits per heavy atom. The van der Waals surface area contributed by atoms with Crippen molar-refractivity contribution in [3.63, 3.8) is 0 Å². The van der Waals surface area contributed by atoms with Crippen LogP contribution in [0.5, 0.6) is 0 Å². The van der Waals surface area contributed by atoms with Crippen LogP contribution in [0.2, 0.25) is 0 Å². The minimum absolute atomic E-state index is 0.126. The van der Waals surface area contributed by atoms with Gasteiger partial charge in [-0.25, -0.2) is 5.01 Å². The number of Topliss-reactive ketones (excluding diaryl/α,β-unsaturated/α-hetero) is 1. The minimum atomic E-state index is -0.985. The van der Waals surface area contributed by atoms with Crippen LogP contribution in [-0.4, -0.2) is 21.1 Å². The largest absolute Gasteiger partial charge is 0.292 e. The summed E-state index contributed by atoms with van der Waals surface area (Å²) in [6.07, 6.45) is 1.90. The summed E-state index contributed by atoms with van der Waals surface area (Å²) in [5, 5.41) is 6.83. The van der Waals surface area contributed by atoms with Crippen molar-refractivity contribution in [2.75, 3.05) is 9.91 Å². The third-order valence-corrected chi connectivity index (χ3v) is 7.86. The summed E-state index contributed by atoms with van der Waals surface area (Å²) in [4.78, 5) is 28.5. The van der Waals surface area contributed by atoms with E-state index < -0.39 is 4.33 Å². The fraction of sp³-hybridized carbons (Fsp3) is 0.0800. The van der Waals surface area contributed by atoms with E-state index in [1.807, 2.05) is 97.1 Å². The number of hydrogen-bond donors (Lipinski definition) is 0. The lowest BCUT2D eigenvalue weighted by molar-refractivity contribution is -0.114. The Bertz CT molecular complexity index is 1230. The van der Waals surface area contributed by atoms with Crippen molar-refractivity contribution in [1.82, 2.24) is 0 Å². The Kier molecular flexibility index (Phi) is 5.36. The first-order valence-corrected chi connectivity index (χ1v) is 11.7. The van der Waals surface area contributed by atoms with E-state index in [4.69, 9.17) is 0 Å². The van der Waals surface area contributed by atoms with Crippen molar-refractivity contribution in [2.45, 2.75) is 11.3 Å². The zero-order chi connectivity index (χ0) is 22.1. The maximum Gasteiger partial charge on any atom is 0.268 e. The minimum Gasteiger partial charge on any atom is -0.292 e. The van der Waals surface area contributed by atoms with Crippen LogP contribution in [0.3, 0.4) is 0 Å². The molecule has 2 aliphatic rings. The molecule has 0 saturated carbocycles. The second-order valence-corrected chi connectivity index (χ2v) is 9.89. The van der Waals surface area contributed by atoms with Crippen LogP contribution in [0, 0.1) is 0 Å². The summed E-state index contributed by atoms with van der Waals surface area (Å²) in [6, 6.07) is 28.9. The van der Waals surface area contributed by atoms with Crippen LogP contribution in [0.25, 0.3) is 6.08 Å². The van der Waals surface area contributed by atoms with Crippen molar-refractivity contribution in [1.29, 1.82) is 0 Å². The van der Waals surface area contributed by atoms with Crippen LogP contribution in [0.1, 0.15) is 12.5 Å². The van der Waals surface area contributed by atoms with Gasteiger partial charge in [0.25, 0.3) is 5.91 Å². The number of anilines is 2. The van der Waals surface area contributed by atoms with Gasteiger partial charge >= 0.3 is 0 Å². The summed E-state index contributed by atoms with van der Waals surface area (Å²) in [6.45, 7) is 1.50. The number of para-hydroxylation sites is 2. The van der Waals surface area contributed by atoms with Gasteiger partial charge in [-0.05, 0) is 47.7 Å². The first kappa shape index (κ1) is 20.6. The van der Waals surface area contributed by atoms with Gasteiger partial charge in [0, 0.05) is 12.6 Å². The second-order valence-electron chi connectivity index (χ2n) is 7.26. The van der Waals surface area contributed by atoms with E-state index in [9.17, 15) is 9.59 Å².